The molecular weight excluding hydrogens is 140 g/mol. The first kappa shape index (κ1) is 8.07. The van der Waals surface area contributed by atoms with Crippen molar-refractivity contribution in [2.45, 2.75) is 12.8 Å². The minimum Gasteiger partial charge on any atom is -0.382 e. The normalized spacial score (nSPS) is 10.4. The molecule has 11 heavy (non-hydrogen) atoms. The number of nitrogens with two attached hydrogens (primary N) is 2. The van der Waals surface area contributed by atoms with Crippen LogP contribution in [-0.4, -0.2) is 16.3 Å². The van der Waals surface area contributed by atoms with Crippen LogP contribution in [0.25, 0.3) is 0 Å². The Morgan fingerprint density at radius 3 is 2.82 bits per heavy atom. The maximum atomic E-state index is 5.61. The zero-order valence-corrected chi connectivity index (χ0v) is 6.75. The molecule has 1 rings (SSSR count). The molecular formula is C7H14N4. The largest absolute Gasteiger partial charge is 0.382 e. The van der Waals surface area contributed by atoms with Crippen molar-refractivity contribution in [2.24, 2.45) is 12.8 Å². The fraction of sp³-hybridized carbons (Fsp3) is 0.571. The van der Waals surface area contributed by atoms with Crippen LogP contribution in [0.2, 0.25) is 0 Å². The second kappa shape index (κ2) is 3.39. The predicted molar refractivity (Wildman–Crippen MR) is 45.0 cm³/mol. The van der Waals surface area contributed by atoms with E-state index >= 15 is 0 Å². The third-order valence-corrected chi connectivity index (χ3v) is 1.59. The summed E-state index contributed by atoms with van der Waals surface area (Å²) in [5, 5.41) is 4.02. The number of hydrogen-bond donors (Lipinski definition) is 2. The Bertz CT molecular complexity index is 228. The van der Waals surface area contributed by atoms with Crippen molar-refractivity contribution in [1.29, 1.82) is 0 Å². The summed E-state index contributed by atoms with van der Waals surface area (Å²) in [7, 11) is 1.86. The molecule has 0 fully saturated rings. The summed E-state index contributed by atoms with van der Waals surface area (Å²) >= 11 is 0. The smallest absolute Gasteiger partial charge is 0.148 e. The molecule has 0 unspecified atom stereocenters. The summed E-state index contributed by atoms with van der Waals surface area (Å²) in [5.74, 6) is 0.626. The van der Waals surface area contributed by atoms with E-state index < -0.39 is 0 Å². The molecule has 0 saturated carbocycles. The van der Waals surface area contributed by atoms with Crippen molar-refractivity contribution in [2.75, 3.05) is 12.3 Å². The van der Waals surface area contributed by atoms with Gasteiger partial charge >= 0.3 is 0 Å². The Morgan fingerprint density at radius 2 is 2.36 bits per heavy atom. The molecule has 0 atom stereocenters. The van der Waals surface area contributed by atoms with E-state index in [2.05, 4.69) is 5.10 Å². The zero-order valence-electron chi connectivity index (χ0n) is 6.75. The fourth-order valence-electron chi connectivity index (χ4n) is 1.04. The van der Waals surface area contributed by atoms with E-state index in [1.807, 2.05) is 13.2 Å². The Morgan fingerprint density at radius 1 is 1.64 bits per heavy atom. The van der Waals surface area contributed by atoms with Gasteiger partial charge < -0.3 is 11.5 Å². The summed E-state index contributed by atoms with van der Waals surface area (Å²) in [6.45, 7) is 0.703. The summed E-state index contributed by atoms with van der Waals surface area (Å²) in [4.78, 5) is 0. The van der Waals surface area contributed by atoms with E-state index in [1.165, 1.54) is 0 Å². The molecule has 4 N–H and O–H groups in total. The lowest BCUT2D eigenvalue weighted by atomic mass is 10.2. The Kier molecular flexibility index (Phi) is 2.48. The van der Waals surface area contributed by atoms with Gasteiger partial charge in [-0.25, -0.2) is 0 Å². The highest BCUT2D eigenvalue weighted by molar-refractivity contribution is 5.37. The molecule has 0 aromatic carbocycles. The molecule has 0 aliphatic rings. The van der Waals surface area contributed by atoms with Crippen molar-refractivity contribution in [3.05, 3.63) is 11.8 Å². The van der Waals surface area contributed by atoms with Crippen molar-refractivity contribution in [1.82, 2.24) is 9.78 Å². The van der Waals surface area contributed by atoms with Gasteiger partial charge in [-0.1, -0.05) is 0 Å². The molecule has 1 aromatic rings. The highest BCUT2D eigenvalue weighted by Crippen LogP contribution is 2.09. The number of hydrogen-bond acceptors (Lipinski definition) is 3. The van der Waals surface area contributed by atoms with Gasteiger partial charge in [0.25, 0.3) is 0 Å². The number of nitrogens with zero attached hydrogens (tertiary/aromatic N) is 2. The number of aryl methyl sites for hydroxylation is 2. The lowest BCUT2D eigenvalue weighted by molar-refractivity contribution is 0.768. The van der Waals surface area contributed by atoms with E-state index in [0.29, 0.717) is 12.4 Å². The minimum atomic E-state index is 0.626. The molecule has 0 amide bonds. The quantitative estimate of drug-likeness (QED) is 0.638. The van der Waals surface area contributed by atoms with Gasteiger partial charge in [0.05, 0.1) is 0 Å². The van der Waals surface area contributed by atoms with Gasteiger partial charge in [0, 0.05) is 18.8 Å². The molecule has 0 aliphatic heterocycles. The van der Waals surface area contributed by atoms with Crippen LogP contribution >= 0.6 is 0 Å². The van der Waals surface area contributed by atoms with Crippen LogP contribution in [0.3, 0.4) is 0 Å². The van der Waals surface area contributed by atoms with E-state index in [4.69, 9.17) is 11.5 Å². The van der Waals surface area contributed by atoms with Gasteiger partial charge in [0.2, 0.25) is 0 Å². The predicted octanol–water partition coefficient (Wildman–Crippen LogP) is -0.106. The Hall–Kier alpha value is -1.03. The highest BCUT2D eigenvalue weighted by atomic mass is 15.3. The fourth-order valence-corrected chi connectivity index (χ4v) is 1.04. The first-order chi connectivity index (χ1) is 5.24. The average Bonchev–Trinajstić information content (AvgIpc) is 2.26. The second-order valence-electron chi connectivity index (χ2n) is 2.61. The first-order valence-corrected chi connectivity index (χ1v) is 3.72. The molecule has 0 radical (unpaired) electrons. The summed E-state index contributed by atoms with van der Waals surface area (Å²) in [5.41, 5.74) is 12.1. The third kappa shape index (κ3) is 1.94. The molecule has 4 heteroatoms. The molecule has 0 aliphatic carbocycles. The lowest BCUT2D eigenvalue weighted by Crippen LogP contribution is -2.01. The monoisotopic (exact) mass is 154 g/mol. The van der Waals surface area contributed by atoms with Gasteiger partial charge in [-0.3, -0.25) is 4.68 Å². The Balaban J connectivity index is 2.62. The number of nitrogen functional groups attached to an aromatic ring is 1. The zero-order chi connectivity index (χ0) is 8.27. The van der Waals surface area contributed by atoms with E-state index in [1.54, 1.807) is 4.68 Å². The molecule has 4 nitrogen and oxygen atoms in total. The molecule has 62 valence electrons. The molecule has 0 bridgehead atoms. The van der Waals surface area contributed by atoms with Gasteiger partial charge in [0.1, 0.15) is 5.82 Å². The minimum absolute atomic E-state index is 0.626. The van der Waals surface area contributed by atoms with Crippen LogP contribution in [0.5, 0.6) is 0 Å². The maximum absolute atomic E-state index is 5.61. The van der Waals surface area contributed by atoms with E-state index in [9.17, 15) is 0 Å². The van der Waals surface area contributed by atoms with Crippen LogP contribution in [0.4, 0.5) is 5.82 Å². The second-order valence-corrected chi connectivity index (χ2v) is 2.61. The molecule has 1 heterocycles. The standard InChI is InChI=1S/C7H14N4/c1-11-5-6(3-2-4-8)7(9)10-11/h5H,2-4,8H2,1H3,(H2,9,10). The van der Waals surface area contributed by atoms with Crippen LogP contribution in [-0.2, 0) is 13.5 Å². The van der Waals surface area contributed by atoms with Gasteiger partial charge in [-0.15, -0.1) is 0 Å². The van der Waals surface area contributed by atoms with Gasteiger partial charge in [-0.2, -0.15) is 5.10 Å². The Labute approximate surface area is 66.2 Å². The number of aromatic nitrogens is 2. The van der Waals surface area contributed by atoms with Gasteiger partial charge in [-0.05, 0) is 19.4 Å². The van der Waals surface area contributed by atoms with E-state index in [0.717, 1.165) is 18.4 Å². The lowest BCUT2D eigenvalue weighted by Gasteiger charge is -1.93. The number of anilines is 1. The van der Waals surface area contributed by atoms with Crippen molar-refractivity contribution in [3.63, 3.8) is 0 Å². The summed E-state index contributed by atoms with van der Waals surface area (Å²) in [6, 6.07) is 0. The number of rotatable bonds is 3. The molecule has 0 spiro atoms. The summed E-state index contributed by atoms with van der Waals surface area (Å²) < 4.78 is 1.72. The third-order valence-electron chi connectivity index (χ3n) is 1.59. The van der Waals surface area contributed by atoms with Crippen molar-refractivity contribution >= 4 is 5.82 Å². The highest BCUT2D eigenvalue weighted by Gasteiger charge is 2.01. The first-order valence-electron chi connectivity index (χ1n) is 3.72. The van der Waals surface area contributed by atoms with Crippen molar-refractivity contribution < 1.29 is 0 Å². The van der Waals surface area contributed by atoms with Crippen LogP contribution in [0.1, 0.15) is 12.0 Å². The van der Waals surface area contributed by atoms with E-state index in [-0.39, 0.29) is 0 Å². The SMILES string of the molecule is Cn1cc(CCCN)c(N)n1. The van der Waals surface area contributed by atoms with Crippen LogP contribution in [0, 0.1) is 0 Å². The summed E-state index contributed by atoms with van der Waals surface area (Å²) in [6.07, 6.45) is 3.83. The van der Waals surface area contributed by atoms with Crippen LogP contribution in [0.15, 0.2) is 6.20 Å². The molecule has 1 aromatic heterocycles. The molecule has 0 saturated heterocycles. The van der Waals surface area contributed by atoms with Crippen molar-refractivity contribution in [3.8, 4) is 0 Å². The van der Waals surface area contributed by atoms with Crippen LogP contribution < -0.4 is 11.5 Å². The topological polar surface area (TPSA) is 69.9 Å². The average molecular weight is 154 g/mol. The maximum Gasteiger partial charge on any atom is 0.148 e. The van der Waals surface area contributed by atoms with Gasteiger partial charge in [0.15, 0.2) is 0 Å².